The van der Waals surface area contributed by atoms with Gasteiger partial charge in [-0.2, -0.15) is 5.10 Å². The molecule has 1 aliphatic rings. The minimum Gasteiger partial charge on any atom is -0.441 e. The third kappa shape index (κ3) is 3.82. The number of benzene rings is 1. The molecule has 1 aliphatic heterocycles. The lowest BCUT2D eigenvalue weighted by atomic mass is 10.0. The van der Waals surface area contributed by atoms with Gasteiger partial charge in [0.25, 0.3) is 5.91 Å². The molecule has 1 saturated heterocycles. The predicted octanol–water partition coefficient (Wildman–Crippen LogP) is 3.37. The number of halogens is 1. The van der Waals surface area contributed by atoms with Crippen molar-refractivity contribution in [2.75, 3.05) is 25.6 Å². The van der Waals surface area contributed by atoms with Crippen LogP contribution >= 0.6 is 0 Å². The van der Waals surface area contributed by atoms with Gasteiger partial charge in [-0.25, -0.2) is 18.9 Å². The Bertz CT molecular complexity index is 1360. The van der Waals surface area contributed by atoms with E-state index in [4.69, 9.17) is 14.1 Å². The number of rotatable bonds is 5. The normalized spacial score (nSPS) is 15.8. The number of hydrogen-bond donors (Lipinski definition) is 2. The molecule has 3 aromatic heterocycles. The van der Waals surface area contributed by atoms with E-state index >= 15 is 4.39 Å². The van der Waals surface area contributed by atoms with Crippen molar-refractivity contribution < 1.29 is 18.3 Å². The van der Waals surface area contributed by atoms with Crippen LogP contribution < -0.4 is 10.6 Å². The molecule has 9 nitrogen and oxygen atoms in total. The van der Waals surface area contributed by atoms with Crippen molar-refractivity contribution in [2.45, 2.75) is 26.3 Å². The minimum atomic E-state index is -0.423. The molecule has 5 rings (SSSR count). The van der Waals surface area contributed by atoms with E-state index < -0.39 is 5.82 Å². The molecule has 0 saturated carbocycles. The minimum absolute atomic E-state index is 0.0876. The summed E-state index contributed by atoms with van der Waals surface area (Å²) in [5.74, 6) is 0.924. The van der Waals surface area contributed by atoms with E-state index in [-0.39, 0.29) is 17.5 Å². The number of ether oxygens (including phenoxy) is 1. The predicted molar refractivity (Wildman–Crippen MR) is 120 cm³/mol. The fourth-order valence-electron chi connectivity index (χ4n) is 3.96. The summed E-state index contributed by atoms with van der Waals surface area (Å²) >= 11 is 0. The average Bonchev–Trinajstić information content (AvgIpc) is 3.56. The van der Waals surface area contributed by atoms with Crippen LogP contribution in [0.4, 0.5) is 10.2 Å². The first-order chi connectivity index (χ1) is 15.9. The molecule has 0 aliphatic carbocycles. The molecule has 2 N–H and O–H groups in total. The maximum atomic E-state index is 15.2. The van der Waals surface area contributed by atoms with Gasteiger partial charge in [-0.05, 0) is 31.0 Å². The van der Waals surface area contributed by atoms with Gasteiger partial charge < -0.3 is 19.8 Å². The molecule has 4 aromatic rings. The van der Waals surface area contributed by atoms with E-state index in [0.29, 0.717) is 58.6 Å². The van der Waals surface area contributed by atoms with Crippen molar-refractivity contribution in [1.82, 2.24) is 24.9 Å². The van der Waals surface area contributed by atoms with Gasteiger partial charge in [0.2, 0.25) is 0 Å². The van der Waals surface area contributed by atoms with Gasteiger partial charge in [0.05, 0.1) is 30.6 Å². The summed E-state index contributed by atoms with van der Waals surface area (Å²) in [6.45, 7) is 4.63. The molecule has 10 heteroatoms. The van der Waals surface area contributed by atoms with E-state index in [2.05, 4.69) is 20.7 Å². The number of fused-ring (bicyclic) bond motifs is 1. The molecular weight excluding hydrogens is 427 g/mol. The van der Waals surface area contributed by atoms with Crippen molar-refractivity contribution in [2.24, 2.45) is 0 Å². The Morgan fingerprint density at radius 3 is 2.76 bits per heavy atom. The molecule has 1 atom stereocenters. The summed E-state index contributed by atoms with van der Waals surface area (Å²) in [4.78, 5) is 21.2. The second kappa shape index (κ2) is 8.28. The molecule has 4 heterocycles. The lowest BCUT2D eigenvalue weighted by Gasteiger charge is -2.15. The van der Waals surface area contributed by atoms with Gasteiger partial charge in [0.15, 0.2) is 17.3 Å². The first kappa shape index (κ1) is 21.1. The van der Waals surface area contributed by atoms with Crippen molar-refractivity contribution in [3.8, 4) is 22.5 Å². The van der Waals surface area contributed by atoms with Gasteiger partial charge >= 0.3 is 0 Å². The number of carbonyl (C=O) groups excluding carboxylic acids is 1. The molecule has 1 fully saturated rings. The molecular formula is C23H23FN6O3. The lowest BCUT2D eigenvalue weighted by Crippen LogP contribution is -2.20. The fraction of sp³-hybridized carbons (Fsp3) is 0.304. The summed E-state index contributed by atoms with van der Waals surface area (Å²) < 4.78 is 28.0. The van der Waals surface area contributed by atoms with Gasteiger partial charge in [-0.3, -0.25) is 4.79 Å². The van der Waals surface area contributed by atoms with Crippen LogP contribution in [0.25, 0.3) is 28.1 Å². The topological polar surface area (TPSA) is 107 Å². The Hall–Kier alpha value is -3.79. The molecule has 1 unspecified atom stereocenters. The molecule has 0 bridgehead atoms. The van der Waals surface area contributed by atoms with Crippen LogP contribution in [0.1, 0.15) is 28.2 Å². The fourth-order valence-corrected chi connectivity index (χ4v) is 3.96. The zero-order valence-corrected chi connectivity index (χ0v) is 18.5. The van der Waals surface area contributed by atoms with Crippen LogP contribution in [0, 0.1) is 19.7 Å². The van der Waals surface area contributed by atoms with E-state index in [0.717, 1.165) is 6.42 Å². The molecule has 0 spiro atoms. The third-order valence-corrected chi connectivity index (χ3v) is 5.68. The average molecular weight is 450 g/mol. The Morgan fingerprint density at radius 2 is 2.06 bits per heavy atom. The van der Waals surface area contributed by atoms with Crippen molar-refractivity contribution in [3.05, 3.63) is 53.6 Å². The first-order valence-electron chi connectivity index (χ1n) is 10.6. The highest BCUT2D eigenvalue weighted by Gasteiger charge is 2.23. The van der Waals surface area contributed by atoms with E-state index in [1.54, 1.807) is 37.0 Å². The molecule has 170 valence electrons. The van der Waals surface area contributed by atoms with Gasteiger partial charge in [0, 0.05) is 43.5 Å². The lowest BCUT2D eigenvalue weighted by molar-refractivity contribution is 0.0963. The number of hydrogen-bond acceptors (Lipinski definition) is 7. The highest BCUT2D eigenvalue weighted by Crippen LogP contribution is 2.34. The quantitative estimate of drug-likeness (QED) is 0.480. The van der Waals surface area contributed by atoms with Crippen LogP contribution in [0.5, 0.6) is 0 Å². The number of carbonyl (C=O) groups is 1. The van der Waals surface area contributed by atoms with E-state index in [1.165, 1.54) is 19.2 Å². The zero-order chi connectivity index (χ0) is 23.1. The molecule has 1 amide bonds. The smallest absolute Gasteiger partial charge is 0.251 e. The van der Waals surface area contributed by atoms with Crippen LogP contribution in [0.3, 0.4) is 0 Å². The molecule has 1 aromatic carbocycles. The van der Waals surface area contributed by atoms with E-state index in [9.17, 15) is 4.79 Å². The van der Waals surface area contributed by atoms with E-state index in [1.807, 2.05) is 0 Å². The Labute approximate surface area is 189 Å². The largest absolute Gasteiger partial charge is 0.441 e. The maximum Gasteiger partial charge on any atom is 0.251 e. The van der Waals surface area contributed by atoms with Gasteiger partial charge in [-0.1, -0.05) is 0 Å². The summed E-state index contributed by atoms with van der Waals surface area (Å²) in [5, 5.41) is 10.4. The Balaban J connectivity index is 1.68. The number of nitrogens with one attached hydrogen (secondary N) is 2. The SMILES string of the molecule is CNC(=O)c1cc(C)c(F)c(-c2cnn3cc(-c4cnc(C)o4)c(NC4CCOC4)nc23)c1. The van der Waals surface area contributed by atoms with Crippen molar-refractivity contribution in [3.63, 3.8) is 0 Å². The molecule has 33 heavy (non-hydrogen) atoms. The van der Waals surface area contributed by atoms with Crippen molar-refractivity contribution >= 4 is 17.4 Å². The Morgan fingerprint density at radius 1 is 1.21 bits per heavy atom. The summed E-state index contributed by atoms with van der Waals surface area (Å²) in [5.41, 5.74) is 2.59. The van der Waals surface area contributed by atoms with Crippen LogP contribution in [-0.4, -0.2) is 51.8 Å². The number of aromatic nitrogens is 4. The standard InChI is InChI=1S/C23H23FN6O3/c1-12-6-14(23(31)25-3)7-16(20(12)24)17-8-27-30-10-18(19-9-26-13(2)33-19)21(29-22(17)30)28-15-4-5-32-11-15/h6-10,15H,4-5,11H2,1-3H3,(H,25,31)(H,28,29). The monoisotopic (exact) mass is 450 g/mol. The van der Waals surface area contributed by atoms with Gasteiger partial charge in [0.1, 0.15) is 11.6 Å². The van der Waals surface area contributed by atoms with Gasteiger partial charge in [-0.15, -0.1) is 0 Å². The number of aryl methyl sites for hydroxylation is 2. The second-order valence-corrected chi connectivity index (χ2v) is 8.01. The van der Waals surface area contributed by atoms with Crippen LogP contribution in [0.15, 0.2) is 35.1 Å². The van der Waals surface area contributed by atoms with Crippen molar-refractivity contribution in [1.29, 1.82) is 0 Å². The third-order valence-electron chi connectivity index (χ3n) is 5.68. The van der Waals surface area contributed by atoms with Crippen LogP contribution in [0.2, 0.25) is 0 Å². The summed E-state index contributed by atoms with van der Waals surface area (Å²) in [7, 11) is 1.54. The summed E-state index contributed by atoms with van der Waals surface area (Å²) in [6.07, 6.45) is 5.80. The number of anilines is 1. The number of nitrogens with zero attached hydrogens (tertiary/aromatic N) is 4. The second-order valence-electron chi connectivity index (χ2n) is 8.01. The number of amides is 1. The highest BCUT2D eigenvalue weighted by atomic mass is 19.1. The Kier molecular flexibility index (Phi) is 5.29. The molecule has 0 radical (unpaired) electrons. The number of oxazole rings is 1. The summed E-state index contributed by atoms with van der Waals surface area (Å²) in [6, 6.07) is 3.13. The first-order valence-corrected chi connectivity index (χ1v) is 10.6. The highest BCUT2D eigenvalue weighted by molar-refractivity contribution is 5.96. The van der Waals surface area contributed by atoms with Crippen LogP contribution in [-0.2, 0) is 4.74 Å². The maximum absolute atomic E-state index is 15.2. The zero-order valence-electron chi connectivity index (χ0n) is 18.5.